The SMILES string of the molecule is CC(=O)N[C@@H]1[C@@H](O)[C@H](O[C@@H]2O[C@H](CO)[C@@H](O[C@@H]3O[C@H](CO[C@H]4O[C@H](CO)[C@@H](O)[C@H](O)[C@@H]4O)[C@@H](O)[C@H](O[C@H]4O[C@H](CO)[C@@H](O)[C@H](O)[C@@H]4O[C@@H]4O[C@H](CO)[C@@H](O[C@@H]5O[C@H](CO)[C@H](O)[C@H](O[C@@H]6O[C@H](CO)[C@H](O)[C@H](O[C@@H]7O[C@H](C(=O)O)[C@@H](O)[C@H](O)[C@H]7O)[C@H]6O)[C@H]5NC(C)=O)[C@H](O[C@@H]5O[C@@H](C)[C@@H](O)[C@@H](O)[C@@H]5O)[C@H]4NC(C)=O)[C@@H]3O)[C@H](O)[C@H]2NC(C)=O)[C@@H](CO)O[C@H]1O. The summed E-state index contributed by atoms with van der Waals surface area (Å²) in [5.41, 5.74) is 0. The fraction of sp³-hybridized carbons (Fsp3) is 0.926. The average Bonchev–Trinajstić information content (AvgIpc) is 0.757. The van der Waals surface area contributed by atoms with Crippen molar-refractivity contribution in [2.24, 2.45) is 0 Å². The Balaban J connectivity index is 0.993. The molecule has 0 aromatic rings. The predicted octanol–water partition coefficient (Wildman–Crippen LogP) is -21.1. The van der Waals surface area contributed by atoms with Crippen molar-refractivity contribution >= 4 is 29.6 Å². The largest absolute Gasteiger partial charge is 0.479 e. The second-order valence-corrected chi connectivity index (χ2v) is 31.0. The minimum absolute atomic E-state index is 0.789. The number of hydrogen-bond donors (Lipinski definition) is 31. The number of amides is 4. The number of carbonyl (C=O) groups excluding carboxylic acids is 4. The lowest BCUT2D eigenvalue weighted by atomic mass is 9.93. The number of rotatable bonds is 31. The van der Waals surface area contributed by atoms with Crippen molar-refractivity contribution in [3.05, 3.63) is 0 Å². The van der Waals surface area contributed by atoms with Gasteiger partial charge in [-0.15, -0.1) is 0 Å². The Morgan fingerprint density at radius 1 is 0.252 bits per heavy atom. The molecule has 0 spiro atoms. The number of aliphatic hydroxyl groups excluding tert-OH is 26. The standard InChI is InChI=1S/C68H112N4O51/c1-14-31(84)39(92)45(98)64(106-14)119-53-30(72-18(5)83)62(113-25(12-79)51(53)117-61-29(71-17(4)82)52(34(87)21(8-75)108-61)118-66-47(100)54(35(88)22(9-76)110-66)120-65-46(99)41(94)43(96)56(122-65)58(102)103)123-57-42(95)33(86)20(7-74)111-68(57)121-55-36(89)26(13-105-63-44(97)40(93)32(85)19(6-73)109-63)114-67(48(55)101)116-50-24(11-78)112-60(28(38(50)91)70-16(3)81)115-49-23(10-77)107-59(104)27(37(49)90)69-15(2)80/h14,19-57,59-68,73-79,84-101,104H,6-13H2,1-5H3,(H,69,80)(H,70,81)(H,71,82)(H,72,83)(H,102,103)/t14-,19+,20+,21+,22+,23+,24+,25+,26+,27+,28+,29+,30+,31+,32+,33+,34-,35-,36+,37+,38+,39+,40-,41-,42-,43-,44-,45-,46+,47+,48-,49+,50+,51+,52+,53+,54-,55-,56-,57-,59+,60-,61-,62-,63-,64-,65+,66-,67-,68+/m0/s1. The molecule has 0 unspecified atom stereocenters. The van der Waals surface area contributed by atoms with E-state index < -0.39 is 389 Å². The minimum Gasteiger partial charge on any atom is -0.479 e. The van der Waals surface area contributed by atoms with Crippen LogP contribution in [0.15, 0.2) is 0 Å². The van der Waals surface area contributed by atoms with Crippen LogP contribution in [0.4, 0.5) is 0 Å². The second kappa shape index (κ2) is 43.5. The van der Waals surface area contributed by atoms with Crippen molar-refractivity contribution in [3.63, 3.8) is 0 Å². The first-order chi connectivity index (χ1) is 58.1. The molecule has 10 aliphatic heterocycles. The first kappa shape index (κ1) is 101. The molecule has 31 N–H and O–H groups in total. The maximum atomic E-state index is 13.8. The number of nitrogens with one attached hydrogen (secondary N) is 4. The lowest BCUT2D eigenvalue weighted by Gasteiger charge is -2.53. The van der Waals surface area contributed by atoms with Crippen LogP contribution in [0.25, 0.3) is 0 Å². The molecule has 55 nitrogen and oxygen atoms in total. The Bertz CT molecular complexity index is 3380. The molecule has 0 aromatic carbocycles. The first-order valence-electron chi connectivity index (χ1n) is 39.0. The molecule has 55 heteroatoms. The lowest BCUT2D eigenvalue weighted by Crippen LogP contribution is -2.72. The second-order valence-electron chi connectivity index (χ2n) is 31.0. The van der Waals surface area contributed by atoms with Gasteiger partial charge in [-0.3, -0.25) is 19.2 Å². The molecular weight excluding hydrogens is 1690 g/mol. The molecule has 10 fully saturated rings. The van der Waals surface area contributed by atoms with E-state index in [2.05, 4.69) is 21.3 Å². The zero-order chi connectivity index (χ0) is 90.7. The van der Waals surface area contributed by atoms with E-state index in [0.29, 0.717) is 0 Å². The van der Waals surface area contributed by atoms with Crippen LogP contribution in [0, 0.1) is 0 Å². The fourth-order valence-corrected chi connectivity index (χ4v) is 15.9. The number of carboxylic acid groups (broad SMARTS) is 1. The van der Waals surface area contributed by atoms with Crippen LogP contribution in [0.1, 0.15) is 34.6 Å². The highest BCUT2D eigenvalue weighted by molar-refractivity contribution is 5.75. The molecule has 10 aliphatic rings. The van der Waals surface area contributed by atoms with E-state index in [1.807, 2.05) is 0 Å². The number of aliphatic carboxylic acids is 1. The monoisotopic (exact) mass is 1800 g/mol. The van der Waals surface area contributed by atoms with Crippen LogP contribution in [0.2, 0.25) is 0 Å². The van der Waals surface area contributed by atoms with Gasteiger partial charge in [-0.05, 0) is 6.92 Å². The summed E-state index contributed by atoms with van der Waals surface area (Å²) in [7, 11) is 0. The van der Waals surface area contributed by atoms with Crippen molar-refractivity contribution in [1.82, 2.24) is 21.3 Å². The molecule has 10 saturated heterocycles. The molecule has 10 rings (SSSR count). The van der Waals surface area contributed by atoms with Crippen molar-refractivity contribution in [2.45, 2.75) is 341 Å². The summed E-state index contributed by atoms with van der Waals surface area (Å²) >= 11 is 0. The molecule has 0 saturated carbocycles. The number of carboxylic acids is 1. The van der Waals surface area contributed by atoms with E-state index in [1.54, 1.807) is 0 Å². The minimum atomic E-state index is -2.58. The molecule has 10 heterocycles. The van der Waals surface area contributed by atoms with E-state index >= 15 is 0 Å². The van der Waals surface area contributed by atoms with Crippen LogP contribution in [-0.4, -0.2) is 527 Å². The topological polar surface area (TPSA) is 855 Å². The van der Waals surface area contributed by atoms with Gasteiger partial charge in [0.2, 0.25) is 23.6 Å². The van der Waals surface area contributed by atoms with Gasteiger partial charge in [0.1, 0.15) is 232 Å². The molecule has 0 radical (unpaired) electrons. The van der Waals surface area contributed by atoms with E-state index in [1.165, 1.54) is 6.92 Å². The Hall–Kier alpha value is -4.45. The van der Waals surface area contributed by atoms with Crippen LogP contribution in [0.3, 0.4) is 0 Å². The average molecular weight is 1800 g/mol. The quantitative estimate of drug-likeness (QED) is 0.0306. The van der Waals surface area contributed by atoms with Gasteiger partial charge in [0.05, 0.1) is 59.0 Å². The van der Waals surface area contributed by atoms with Gasteiger partial charge in [-0.25, -0.2) is 4.79 Å². The molecule has 710 valence electrons. The van der Waals surface area contributed by atoms with Crippen LogP contribution in [0.5, 0.6) is 0 Å². The van der Waals surface area contributed by atoms with E-state index in [4.69, 9.17) is 90.0 Å². The van der Waals surface area contributed by atoms with Crippen molar-refractivity contribution in [3.8, 4) is 0 Å². The number of carbonyl (C=O) groups is 5. The number of aliphatic hydroxyl groups is 26. The Morgan fingerprint density at radius 3 is 1.09 bits per heavy atom. The summed E-state index contributed by atoms with van der Waals surface area (Å²) < 4.78 is 113. The van der Waals surface area contributed by atoms with Gasteiger partial charge in [0.15, 0.2) is 69.0 Å². The van der Waals surface area contributed by atoms with Crippen molar-refractivity contribution in [1.29, 1.82) is 0 Å². The van der Waals surface area contributed by atoms with Crippen molar-refractivity contribution < 1.29 is 252 Å². The highest BCUT2D eigenvalue weighted by atomic mass is 16.8. The lowest BCUT2D eigenvalue weighted by molar-refractivity contribution is -0.402. The Labute approximate surface area is 695 Å². The summed E-state index contributed by atoms with van der Waals surface area (Å²) in [6.07, 6.45) is -99.7. The molecule has 123 heavy (non-hydrogen) atoms. The van der Waals surface area contributed by atoms with Gasteiger partial charge >= 0.3 is 5.97 Å². The highest BCUT2D eigenvalue weighted by Crippen LogP contribution is 2.42. The molecule has 50 atom stereocenters. The molecule has 0 bridgehead atoms. The first-order valence-corrected chi connectivity index (χ1v) is 39.0. The van der Waals surface area contributed by atoms with Crippen LogP contribution >= 0.6 is 0 Å². The maximum absolute atomic E-state index is 13.8. The third-order valence-electron chi connectivity index (χ3n) is 22.4. The summed E-state index contributed by atoms with van der Waals surface area (Å²) in [5, 5.41) is 310. The zero-order valence-corrected chi connectivity index (χ0v) is 65.9. The van der Waals surface area contributed by atoms with Gasteiger partial charge in [-0.1, -0.05) is 0 Å². The summed E-state index contributed by atoms with van der Waals surface area (Å²) in [5.74, 6) is -5.75. The van der Waals surface area contributed by atoms with E-state index in [9.17, 15) is 162 Å². The third kappa shape index (κ3) is 22.1. The number of ether oxygens (including phenoxy) is 19. The Kier molecular flexibility index (Phi) is 35.6. The molecule has 4 amide bonds. The van der Waals surface area contributed by atoms with E-state index in [-0.39, 0.29) is 0 Å². The highest BCUT2D eigenvalue weighted by Gasteiger charge is 2.63. The van der Waals surface area contributed by atoms with Crippen molar-refractivity contribution in [2.75, 3.05) is 52.9 Å². The summed E-state index contributed by atoms with van der Waals surface area (Å²) in [6.45, 7) is -4.37. The van der Waals surface area contributed by atoms with Crippen LogP contribution in [-0.2, 0) is 114 Å². The van der Waals surface area contributed by atoms with Gasteiger partial charge in [-0.2, -0.15) is 0 Å². The summed E-state index contributed by atoms with van der Waals surface area (Å²) in [6, 6.07) is -7.83. The van der Waals surface area contributed by atoms with Gasteiger partial charge in [0, 0.05) is 27.7 Å². The maximum Gasteiger partial charge on any atom is 0.335 e. The molecule has 0 aliphatic carbocycles. The normalized spacial score (nSPS) is 49.4. The van der Waals surface area contributed by atoms with Crippen LogP contribution < -0.4 is 21.3 Å². The van der Waals surface area contributed by atoms with Gasteiger partial charge in [0.25, 0.3) is 0 Å². The summed E-state index contributed by atoms with van der Waals surface area (Å²) in [4.78, 5) is 64.4. The number of hydrogen-bond acceptors (Lipinski definition) is 50. The van der Waals surface area contributed by atoms with Gasteiger partial charge < -0.3 is 249 Å². The smallest absolute Gasteiger partial charge is 0.335 e. The third-order valence-corrected chi connectivity index (χ3v) is 22.4. The zero-order valence-electron chi connectivity index (χ0n) is 65.9. The van der Waals surface area contributed by atoms with E-state index in [0.717, 1.165) is 27.7 Å². The predicted molar refractivity (Wildman–Crippen MR) is 375 cm³/mol. The molecule has 0 aromatic heterocycles. The fourth-order valence-electron chi connectivity index (χ4n) is 15.9. The molecular formula is C68H112N4O51. The Morgan fingerprint density at radius 2 is 0.569 bits per heavy atom.